The third-order valence-electron chi connectivity index (χ3n) is 4.33. The molecule has 1 aliphatic carbocycles. The fourth-order valence-corrected chi connectivity index (χ4v) is 3.37. The van der Waals surface area contributed by atoms with Crippen LogP contribution < -0.4 is 14.8 Å². The van der Waals surface area contributed by atoms with Crippen molar-refractivity contribution in [3.8, 4) is 11.5 Å². The third kappa shape index (κ3) is 4.52. The Kier molecular flexibility index (Phi) is 6.65. The minimum atomic E-state index is 0.616. The Labute approximate surface area is 133 Å². The van der Waals surface area contributed by atoms with Gasteiger partial charge in [0, 0.05) is 6.54 Å². The highest BCUT2D eigenvalue weighted by Gasteiger charge is 2.14. The van der Waals surface area contributed by atoms with Crippen molar-refractivity contribution >= 4 is 11.6 Å². The summed E-state index contributed by atoms with van der Waals surface area (Å²) < 4.78 is 10.6. The van der Waals surface area contributed by atoms with E-state index in [0.29, 0.717) is 16.5 Å². The second-order valence-electron chi connectivity index (χ2n) is 5.74. The first-order chi connectivity index (χ1) is 10.3. The number of benzene rings is 1. The molecule has 0 heterocycles. The van der Waals surface area contributed by atoms with E-state index in [1.54, 1.807) is 14.2 Å². The summed E-state index contributed by atoms with van der Waals surface area (Å²) in [7, 11) is 3.24. The first-order valence-electron chi connectivity index (χ1n) is 7.86. The lowest BCUT2D eigenvalue weighted by molar-refractivity contribution is 0.333. The van der Waals surface area contributed by atoms with E-state index in [-0.39, 0.29) is 0 Å². The molecular weight excluding hydrogens is 286 g/mol. The van der Waals surface area contributed by atoms with Gasteiger partial charge in [-0.2, -0.15) is 0 Å². The normalized spacial score (nSPS) is 16.0. The molecule has 118 valence electrons. The van der Waals surface area contributed by atoms with E-state index < -0.39 is 0 Å². The number of ether oxygens (including phenoxy) is 2. The van der Waals surface area contributed by atoms with Crippen LogP contribution in [0.3, 0.4) is 0 Å². The van der Waals surface area contributed by atoms with Gasteiger partial charge in [0.1, 0.15) is 0 Å². The Bertz CT molecular complexity index is 445. The highest BCUT2D eigenvalue weighted by molar-refractivity contribution is 6.33. The number of halogens is 1. The fraction of sp³-hybridized carbons (Fsp3) is 0.647. The molecule has 1 saturated carbocycles. The van der Waals surface area contributed by atoms with Gasteiger partial charge in [-0.3, -0.25) is 0 Å². The SMILES string of the molecule is COc1ccc(CNCCC2CCCCC2)c(Cl)c1OC. The molecule has 1 aliphatic rings. The van der Waals surface area contributed by atoms with Crippen molar-refractivity contribution in [1.82, 2.24) is 5.32 Å². The molecule has 0 radical (unpaired) electrons. The molecule has 1 fully saturated rings. The van der Waals surface area contributed by atoms with Gasteiger partial charge >= 0.3 is 0 Å². The van der Waals surface area contributed by atoms with Crippen molar-refractivity contribution in [2.24, 2.45) is 5.92 Å². The van der Waals surface area contributed by atoms with Crippen molar-refractivity contribution < 1.29 is 9.47 Å². The van der Waals surface area contributed by atoms with E-state index in [2.05, 4.69) is 5.32 Å². The fourth-order valence-electron chi connectivity index (χ4n) is 3.07. The summed E-state index contributed by atoms with van der Waals surface area (Å²) in [5.74, 6) is 2.20. The highest BCUT2D eigenvalue weighted by atomic mass is 35.5. The molecular formula is C17H26ClNO2. The second-order valence-corrected chi connectivity index (χ2v) is 6.12. The second kappa shape index (κ2) is 8.50. The summed E-state index contributed by atoms with van der Waals surface area (Å²) >= 11 is 6.38. The molecule has 1 N–H and O–H groups in total. The zero-order valence-electron chi connectivity index (χ0n) is 13.1. The van der Waals surface area contributed by atoms with Crippen LogP contribution in [-0.4, -0.2) is 20.8 Å². The summed E-state index contributed by atoms with van der Waals surface area (Å²) in [6, 6.07) is 3.90. The number of hydrogen-bond donors (Lipinski definition) is 1. The Hall–Kier alpha value is -0.930. The third-order valence-corrected chi connectivity index (χ3v) is 4.75. The van der Waals surface area contributed by atoms with Gasteiger partial charge in [0.15, 0.2) is 11.5 Å². The maximum atomic E-state index is 6.38. The summed E-state index contributed by atoms with van der Waals surface area (Å²) in [6.45, 7) is 1.82. The van der Waals surface area contributed by atoms with Gasteiger partial charge in [-0.05, 0) is 30.5 Å². The predicted octanol–water partition coefficient (Wildman–Crippen LogP) is 4.42. The smallest absolute Gasteiger partial charge is 0.179 e. The van der Waals surface area contributed by atoms with Crippen molar-refractivity contribution in [3.05, 3.63) is 22.7 Å². The van der Waals surface area contributed by atoms with Crippen LogP contribution >= 0.6 is 11.6 Å². The first kappa shape index (κ1) is 16.4. The largest absolute Gasteiger partial charge is 0.493 e. The van der Waals surface area contributed by atoms with Crippen LogP contribution in [0.1, 0.15) is 44.1 Å². The van der Waals surface area contributed by atoms with E-state index in [0.717, 1.165) is 24.6 Å². The van der Waals surface area contributed by atoms with Crippen LogP contribution in [0, 0.1) is 5.92 Å². The summed E-state index contributed by atoms with van der Waals surface area (Å²) in [5.41, 5.74) is 1.05. The lowest BCUT2D eigenvalue weighted by Crippen LogP contribution is -2.19. The minimum Gasteiger partial charge on any atom is -0.493 e. The van der Waals surface area contributed by atoms with Gasteiger partial charge in [0.05, 0.1) is 19.2 Å². The Morgan fingerprint density at radius 3 is 2.57 bits per heavy atom. The molecule has 0 unspecified atom stereocenters. The van der Waals surface area contributed by atoms with E-state index in [9.17, 15) is 0 Å². The molecule has 0 atom stereocenters. The lowest BCUT2D eigenvalue weighted by Gasteiger charge is -2.21. The molecule has 3 nitrogen and oxygen atoms in total. The van der Waals surface area contributed by atoms with E-state index in [1.165, 1.54) is 38.5 Å². The Morgan fingerprint density at radius 2 is 1.90 bits per heavy atom. The number of rotatable bonds is 7. The zero-order valence-corrected chi connectivity index (χ0v) is 13.8. The van der Waals surface area contributed by atoms with Crippen LogP contribution in [-0.2, 0) is 6.54 Å². The topological polar surface area (TPSA) is 30.5 Å². The van der Waals surface area contributed by atoms with Gasteiger partial charge < -0.3 is 14.8 Å². The molecule has 0 aliphatic heterocycles. The number of nitrogens with one attached hydrogen (secondary N) is 1. The van der Waals surface area contributed by atoms with Crippen LogP contribution in [0.2, 0.25) is 5.02 Å². The van der Waals surface area contributed by atoms with Crippen molar-refractivity contribution in [1.29, 1.82) is 0 Å². The molecule has 0 aromatic heterocycles. The summed E-state index contributed by atoms with van der Waals surface area (Å²) in [6.07, 6.45) is 8.31. The van der Waals surface area contributed by atoms with Crippen LogP contribution in [0.4, 0.5) is 0 Å². The van der Waals surface area contributed by atoms with Crippen molar-refractivity contribution in [3.63, 3.8) is 0 Å². The van der Waals surface area contributed by atoms with Gasteiger partial charge in [-0.15, -0.1) is 0 Å². The average Bonchev–Trinajstić information content (AvgIpc) is 2.53. The molecule has 0 saturated heterocycles. The first-order valence-corrected chi connectivity index (χ1v) is 8.24. The van der Waals surface area contributed by atoms with Crippen molar-refractivity contribution in [2.45, 2.75) is 45.1 Å². The summed E-state index contributed by atoms with van der Waals surface area (Å²) in [4.78, 5) is 0. The Morgan fingerprint density at radius 1 is 1.14 bits per heavy atom. The molecule has 1 aromatic carbocycles. The van der Waals surface area contributed by atoms with Gasteiger partial charge in [0.2, 0.25) is 0 Å². The van der Waals surface area contributed by atoms with E-state index in [1.807, 2.05) is 12.1 Å². The van der Waals surface area contributed by atoms with Gasteiger partial charge in [-0.25, -0.2) is 0 Å². The monoisotopic (exact) mass is 311 g/mol. The van der Waals surface area contributed by atoms with E-state index in [4.69, 9.17) is 21.1 Å². The highest BCUT2D eigenvalue weighted by Crippen LogP contribution is 2.37. The van der Waals surface area contributed by atoms with Gasteiger partial charge in [0.25, 0.3) is 0 Å². The minimum absolute atomic E-state index is 0.616. The Balaban J connectivity index is 1.82. The maximum Gasteiger partial charge on any atom is 0.179 e. The number of hydrogen-bond acceptors (Lipinski definition) is 3. The van der Waals surface area contributed by atoms with Crippen LogP contribution in [0.25, 0.3) is 0 Å². The lowest BCUT2D eigenvalue weighted by atomic mass is 9.87. The number of methoxy groups -OCH3 is 2. The molecule has 4 heteroatoms. The van der Waals surface area contributed by atoms with Crippen LogP contribution in [0.5, 0.6) is 11.5 Å². The molecule has 0 amide bonds. The molecule has 21 heavy (non-hydrogen) atoms. The summed E-state index contributed by atoms with van der Waals surface area (Å²) in [5, 5.41) is 4.14. The molecule has 1 aromatic rings. The zero-order chi connectivity index (χ0) is 15.1. The quantitative estimate of drug-likeness (QED) is 0.756. The average molecular weight is 312 g/mol. The maximum absolute atomic E-state index is 6.38. The predicted molar refractivity (Wildman–Crippen MR) is 87.5 cm³/mol. The van der Waals surface area contributed by atoms with E-state index >= 15 is 0 Å². The van der Waals surface area contributed by atoms with Crippen molar-refractivity contribution in [2.75, 3.05) is 20.8 Å². The standard InChI is InChI=1S/C17H26ClNO2/c1-20-15-9-8-14(16(18)17(15)21-2)12-19-11-10-13-6-4-3-5-7-13/h8-9,13,19H,3-7,10-12H2,1-2H3. The molecule has 2 rings (SSSR count). The molecule has 0 spiro atoms. The molecule has 0 bridgehead atoms. The van der Waals surface area contributed by atoms with Gasteiger partial charge in [-0.1, -0.05) is 49.8 Å². The van der Waals surface area contributed by atoms with Crippen LogP contribution in [0.15, 0.2) is 12.1 Å².